The third kappa shape index (κ3) is 9.83. The third-order valence-corrected chi connectivity index (χ3v) is 4.76. The highest BCUT2D eigenvalue weighted by Gasteiger charge is 2.22. The first-order chi connectivity index (χ1) is 17.4. The molecule has 0 amide bonds. The lowest BCUT2D eigenvalue weighted by Crippen LogP contribution is -2.24. The molecule has 8 heteroatoms. The summed E-state index contributed by atoms with van der Waals surface area (Å²) in [5, 5.41) is 0. The Morgan fingerprint density at radius 3 is 1.68 bits per heavy atom. The molecule has 2 rings (SSSR count). The van der Waals surface area contributed by atoms with Crippen LogP contribution in [-0.4, -0.2) is 44.3 Å². The van der Waals surface area contributed by atoms with Crippen LogP contribution in [0.3, 0.4) is 0 Å². The first kappa shape index (κ1) is 29.2. The van der Waals surface area contributed by atoms with Gasteiger partial charge >= 0.3 is 17.9 Å². The maximum absolute atomic E-state index is 12.0. The average Bonchev–Trinajstić information content (AvgIpc) is 2.83. The van der Waals surface area contributed by atoms with Crippen LogP contribution < -0.4 is 14.2 Å². The molecule has 0 spiro atoms. The fourth-order valence-electron chi connectivity index (χ4n) is 2.74. The van der Waals surface area contributed by atoms with Crippen LogP contribution in [0.5, 0.6) is 17.2 Å². The largest absolute Gasteiger partial charge is 0.490 e. The molecule has 0 aromatic heterocycles. The van der Waals surface area contributed by atoms with E-state index in [1.165, 1.54) is 0 Å². The number of esters is 3. The molecular formula is C29H34O8. The van der Waals surface area contributed by atoms with Gasteiger partial charge in [-0.2, -0.15) is 0 Å². The molecule has 0 aliphatic rings. The minimum atomic E-state index is -0.598. The number of ether oxygens (including phenoxy) is 5. The molecule has 0 unspecified atom stereocenters. The Bertz CT molecular complexity index is 1140. The Labute approximate surface area is 217 Å². The summed E-state index contributed by atoms with van der Waals surface area (Å²) in [6, 6.07) is 12.3. The molecule has 0 bridgehead atoms. The first-order valence-corrected chi connectivity index (χ1v) is 11.8. The highest BCUT2D eigenvalue weighted by atomic mass is 16.6. The van der Waals surface area contributed by atoms with Crippen molar-refractivity contribution in [1.29, 1.82) is 0 Å². The zero-order chi connectivity index (χ0) is 27.6. The lowest BCUT2D eigenvalue weighted by Gasteiger charge is -2.17. The molecule has 37 heavy (non-hydrogen) atoms. The summed E-state index contributed by atoms with van der Waals surface area (Å²) in [6.07, 6.45) is 0. The molecular weight excluding hydrogens is 476 g/mol. The van der Waals surface area contributed by atoms with Crippen LogP contribution in [-0.2, 0) is 23.9 Å². The van der Waals surface area contributed by atoms with Crippen molar-refractivity contribution in [1.82, 2.24) is 0 Å². The topological polar surface area (TPSA) is 97.4 Å². The van der Waals surface area contributed by atoms with E-state index >= 15 is 0 Å². The van der Waals surface area contributed by atoms with E-state index in [0.29, 0.717) is 28.4 Å². The van der Waals surface area contributed by atoms with Gasteiger partial charge in [0.15, 0.2) is 0 Å². The summed E-state index contributed by atoms with van der Waals surface area (Å²) in [5.41, 5.74) is 1.61. The molecule has 2 aromatic carbocycles. The minimum absolute atomic E-state index is 0.0532. The average molecular weight is 511 g/mol. The van der Waals surface area contributed by atoms with Crippen LogP contribution in [0.2, 0.25) is 0 Å². The van der Waals surface area contributed by atoms with Crippen molar-refractivity contribution in [3.63, 3.8) is 0 Å². The van der Waals surface area contributed by atoms with Crippen molar-refractivity contribution in [3.8, 4) is 28.4 Å². The van der Waals surface area contributed by atoms with Crippen molar-refractivity contribution in [3.05, 3.63) is 66.8 Å². The van der Waals surface area contributed by atoms with E-state index in [4.69, 9.17) is 23.7 Å². The van der Waals surface area contributed by atoms with Gasteiger partial charge in [-0.05, 0) is 70.0 Å². The molecule has 0 fully saturated rings. The van der Waals surface area contributed by atoms with Gasteiger partial charge in [0.05, 0.1) is 5.41 Å². The summed E-state index contributed by atoms with van der Waals surface area (Å²) in [7, 11) is 0. The second-order valence-electron chi connectivity index (χ2n) is 9.39. The summed E-state index contributed by atoms with van der Waals surface area (Å²) in [6.45, 7) is 16.0. The normalized spacial score (nSPS) is 10.7. The van der Waals surface area contributed by atoms with Crippen LogP contribution in [0.4, 0.5) is 0 Å². The van der Waals surface area contributed by atoms with E-state index < -0.39 is 17.4 Å². The van der Waals surface area contributed by atoms with Gasteiger partial charge in [-0.25, -0.2) is 9.59 Å². The monoisotopic (exact) mass is 510 g/mol. The molecule has 2 aromatic rings. The fraction of sp³-hybridized carbons (Fsp3) is 0.345. The Morgan fingerprint density at radius 1 is 0.676 bits per heavy atom. The van der Waals surface area contributed by atoms with Gasteiger partial charge in [-0.1, -0.05) is 25.3 Å². The highest BCUT2D eigenvalue weighted by Crippen LogP contribution is 2.31. The lowest BCUT2D eigenvalue weighted by atomic mass is 9.97. The number of rotatable bonds is 12. The van der Waals surface area contributed by atoms with Crippen molar-refractivity contribution in [2.24, 2.45) is 5.41 Å². The van der Waals surface area contributed by atoms with Crippen LogP contribution in [0.15, 0.2) is 66.8 Å². The Kier molecular flexibility index (Phi) is 10.5. The van der Waals surface area contributed by atoms with E-state index in [9.17, 15) is 14.4 Å². The van der Waals surface area contributed by atoms with Gasteiger partial charge in [-0.3, -0.25) is 4.79 Å². The molecule has 0 aliphatic heterocycles. The first-order valence-electron chi connectivity index (χ1n) is 11.8. The summed E-state index contributed by atoms with van der Waals surface area (Å²) in [5.74, 6) is 0.0718. The van der Waals surface area contributed by atoms with Gasteiger partial charge < -0.3 is 23.7 Å². The van der Waals surface area contributed by atoms with Crippen LogP contribution in [0.1, 0.15) is 34.6 Å². The van der Waals surface area contributed by atoms with E-state index in [1.807, 2.05) is 12.1 Å². The fourth-order valence-corrected chi connectivity index (χ4v) is 2.74. The van der Waals surface area contributed by atoms with Gasteiger partial charge in [0.1, 0.15) is 43.7 Å². The number of hydrogen-bond acceptors (Lipinski definition) is 8. The zero-order valence-corrected chi connectivity index (χ0v) is 22.1. The van der Waals surface area contributed by atoms with Crippen LogP contribution in [0.25, 0.3) is 11.1 Å². The lowest BCUT2D eigenvalue weighted by molar-refractivity contribution is -0.153. The number of hydrogen-bond donors (Lipinski definition) is 0. The van der Waals surface area contributed by atoms with Crippen molar-refractivity contribution < 1.29 is 38.1 Å². The molecule has 0 N–H and O–H groups in total. The van der Waals surface area contributed by atoms with E-state index in [2.05, 4.69) is 13.2 Å². The molecule has 0 atom stereocenters. The zero-order valence-electron chi connectivity index (χ0n) is 22.1. The third-order valence-electron chi connectivity index (χ3n) is 4.76. The Balaban J connectivity index is 2.15. The highest BCUT2D eigenvalue weighted by molar-refractivity contribution is 5.89. The smallest absolute Gasteiger partial charge is 0.338 e. The second kappa shape index (κ2) is 13.3. The quantitative estimate of drug-likeness (QED) is 0.164. The standard InChI is InChI=1S/C29H34O8/c1-19(2)26(30)35-14-12-33-24-16-22(21-8-10-23(11-9-21)37-27(31)20(3)4)17-25(18-24)34-13-15-36-28(32)29(5,6)7/h8-11,16-18H,1,3,12-15H2,2,4-7H3. The van der Waals surface area contributed by atoms with Crippen molar-refractivity contribution >= 4 is 17.9 Å². The SMILES string of the molecule is C=C(C)C(=O)OCCOc1cc(OCCOC(=O)C(C)(C)C)cc(-c2ccc(OC(=O)C(=C)C)cc2)c1. The van der Waals surface area contributed by atoms with E-state index in [1.54, 1.807) is 65.0 Å². The van der Waals surface area contributed by atoms with Crippen LogP contribution >= 0.6 is 0 Å². The summed E-state index contributed by atoms with van der Waals surface area (Å²) >= 11 is 0. The molecule has 0 heterocycles. The molecule has 8 nitrogen and oxygen atoms in total. The number of benzene rings is 2. The van der Waals surface area contributed by atoms with Crippen molar-refractivity contribution in [2.75, 3.05) is 26.4 Å². The molecule has 0 saturated heterocycles. The maximum atomic E-state index is 12.0. The predicted octanol–water partition coefficient (Wildman–Crippen LogP) is 5.30. The van der Waals surface area contributed by atoms with E-state index in [-0.39, 0.29) is 32.4 Å². The number of carbonyl (C=O) groups excluding carboxylic acids is 3. The summed E-state index contributed by atoms with van der Waals surface area (Å²) < 4.78 is 27.2. The van der Waals surface area contributed by atoms with Gasteiger partial charge in [0, 0.05) is 17.2 Å². The molecule has 0 aliphatic carbocycles. The second-order valence-corrected chi connectivity index (χ2v) is 9.39. The predicted molar refractivity (Wildman–Crippen MR) is 140 cm³/mol. The Hall–Kier alpha value is -4.07. The van der Waals surface area contributed by atoms with Crippen LogP contribution in [0, 0.1) is 5.41 Å². The maximum Gasteiger partial charge on any atom is 0.338 e. The van der Waals surface area contributed by atoms with Gasteiger partial charge in [0.25, 0.3) is 0 Å². The number of carbonyl (C=O) groups is 3. The van der Waals surface area contributed by atoms with Gasteiger partial charge in [-0.15, -0.1) is 0 Å². The van der Waals surface area contributed by atoms with Gasteiger partial charge in [0.2, 0.25) is 0 Å². The Morgan fingerprint density at radius 2 is 1.19 bits per heavy atom. The van der Waals surface area contributed by atoms with E-state index in [0.717, 1.165) is 11.1 Å². The molecule has 0 radical (unpaired) electrons. The molecule has 0 saturated carbocycles. The van der Waals surface area contributed by atoms with Crippen molar-refractivity contribution in [2.45, 2.75) is 34.6 Å². The molecule has 198 valence electrons. The minimum Gasteiger partial charge on any atom is -0.490 e. The summed E-state index contributed by atoms with van der Waals surface area (Å²) in [4.78, 5) is 35.3.